The van der Waals surface area contributed by atoms with E-state index in [-0.39, 0.29) is 17.9 Å². The second-order valence-electron chi connectivity index (χ2n) is 8.23. The van der Waals surface area contributed by atoms with Crippen molar-refractivity contribution in [1.29, 1.82) is 0 Å². The average molecular weight is 466 g/mol. The molecule has 1 fully saturated rings. The normalized spacial score (nSPS) is 14.0. The molecular weight excluding hydrogens is 445 g/mol. The van der Waals surface area contributed by atoms with Crippen molar-refractivity contribution in [2.75, 3.05) is 23.7 Å². The Kier molecular flexibility index (Phi) is 5.15. The van der Waals surface area contributed by atoms with Gasteiger partial charge in [0.25, 0.3) is 0 Å². The lowest BCUT2D eigenvalue weighted by Crippen LogP contribution is -2.31. The van der Waals surface area contributed by atoms with Crippen LogP contribution in [-0.2, 0) is 13.6 Å². The third-order valence-corrected chi connectivity index (χ3v) is 6.29. The number of nitrogens with zero attached hydrogens (tertiary/aromatic N) is 5. The zero-order chi connectivity index (χ0) is 24.1. The summed E-state index contributed by atoms with van der Waals surface area (Å²) >= 11 is 0. The van der Waals surface area contributed by atoms with Crippen LogP contribution in [0.1, 0.15) is 11.3 Å². The van der Waals surface area contributed by atoms with Crippen molar-refractivity contribution >= 4 is 28.6 Å². The van der Waals surface area contributed by atoms with E-state index in [2.05, 4.69) is 9.97 Å². The van der Waals surface area contributed by atoms with Crippen molar-refractivity contribution in [3.05, 3.63) is 71.4 Å². The number of halogens is 3. The van der Waals surface area contributed by atoms with Gasteiger partial charge in [0.1, 0.15) is 35.2 Å². The maximum atomic E-state index is 15.4. The van der Waals surface area contributed by atoms with Crippen molar-refractivity contribution in [2.45, 2.75) is 13.5 Å². The lowest BCUT2D eigenvalue weighted by molar-refractivity contribution is 0.218. The van der Waals surface area contributed by atoms with Gasteiger partial charge < -0.3 is 15.2 Å². The van der Waals surface area contributed by atoms with Gasteiger partial charge in [0.05, 0.1) is 11.9 Å². The van der Waals surface area contributed by atoms with E-state index in [0.29, 0.717) is 40.9 Å². The Morgan fingerprint density at radius 3 is 2.59 bits per heavy atom. The molecular formula is C24H21F3N6O. The fraction of sp³-hybridized carbons (Fsp3) is 0.208. The summed E-state index contributed by atoms with van der Waals surface area (Å²) in [5, 5.41) is 0.565. The Labute approximate surface area is 193 Å². The summed E-state index contributed by atoms with van der Waals surface area (Å²) in [7, 11) is 1.82. The highest BCUT2D eigenvalue weighted by atomic mass is 19.1. The van der Waals surface area contributed by atoms with Crippen molar-refractivity contribution in [1.82, 2.24) is 19.4 Å². The summed E-state index contributed by atoms with van der Waals surface area (Å²) in [5.41, 5.74) is 8.81. The Bertz CT molecular complexity index is 1450. The number of carbonyl (C=O) groups excluding carboxylic acids is 1. The van der Waals surface area contributed by atoms with Gasteiger partial charge in [-0.25, -0.2) is 27.9 Å². The molecule has 2 amide bonds. The monoisotopic (exact) mass is 466 g/mol. The maximum absolute atomic E-state index is 15.4. The van der Waals surface area contributed by atoms with Crippen LogP contribution in [0.5, 0.6) is 0 Å². The second-order valence-corrected chi connectivity index (χ2v) is 8.23. The van der Waals surface area contributed by atoms with Crippen LogP contribution in [0.4, 0.5) is 29.5 Å². The van der Waals surface area contributed by atoms with E-state index in [1.807, 2.05) is 18.5 Å². The van der Waals surface area contributed by atoms with Crippen LogP contribution in [0.2, 0.25) is 0 Å². The molecule has 0 atom stereocenters. The summed E-state index contributed by atoms with van der Waals surface area (Å²) in [6.45, 7) is 2.36. The summed E-state index contributed by atoms with van der Waals surface area (Å²) in [5.74, 6) is -1.44. The maximum Gasteiger partial charge on any atom is 0.324 e. The number of hydrogen-bond donors (Lipinski definition) is 1. The van der Waals surface area contributed by atoms with Crippen LogP contribution in [0.25, 0.3) is 22.2 Å². The topological polar surface area (TPSA) is 80.3 Å². The van der Waals surface area contributed by atoms with E-state index in [9.17, 15) is 13.6 Å². The number of aryl methyl sites for hydroxylation is 1. The summed E-state index contributed by atoms with van der Waals surface area (Å²) in [6.07, 6.45) is 1.36. The minimum atomic E-state index is -0.586. The molecule has 0 unspecified atom stereocenters. The summed E-state index contributed by atoms with van der Waals surface area (Å²) in [6, 6.07) is 7.26. The average Bonchev–Trinajstić information content (AvgIpc) is 3.29. The van der Waals surface area contributed by atoms with Gasteiger partial charge >= 0.3 is 6.03 Å². The van der Waals surface area contributed by atoms with Gasteiger partial charge in [-0.2, -0.15) is 0 Å². The second kappa shape index (κ2) is 8.05. The number of fused-ring (bicyclic) bond motifs is 1. The molecule has 2 N–H and O–H groups in total. The molecule has 2 aromatic heterocycles. The number of urea groups is 1. The van der Waals surface area contributed by atoms with Gasteiger partial charge in [-0.05, 0) is 43.3 Å². The van der Waals surface area contributed by atoms with Gasteiger partial charge in [0.15, 0.2) is 0 Å². The number of nitrogen functional groups attached to an aromatic ring is 1. The minimum absolute atomic E-state index is 0.0754. The first kappa shape index (κ1) is 21.7. The molecule has 10 heteroatoms. The van der Waals surface area contributed by atoms with E-state index in [0.717, 1.165) is 23.9 Å². The van der Waals surface area contributed by atoms with E-state index in [1.165, 1.54) is 22.2 Å². The van der Waals surface area contributed by atoms with Crippen molar-refractivity contribution < 1.29 is 18.0 Å². The van der Waals surface area contributed by atoms with Gasteiger partial charge in [-0.3, -0.25) is 4.90 Å². The van der Waals surface area contributed by atoms with Gasteiger partial charge in [-0.15, -0.1) is 0 Å². The Morgan fingerprint density at radius 2 is 1.82 bits per heavy atom. The third-order valence-electron chi connectivity index (χ3n) is 6.29. The van der Waals surface area contributed by atoms with Gasteiger partial charge in [-0.1, -0.05) is 0 Å². The molecule has 4 aromatic rings. The first-order chi connectivity index (χ1) is 16.3. The van der Waals surface area contributed by atoms with Crippen LogP contribution in [0.15, 0.2) is 42.7 Å². The van der Waals surface area contributed by atoms with Crippen molar-refractivity contribution in [3.63, 3.8) is 0 Å². The van der Waals surface area contributed by atoms with Crippen LogP contribution in [-0.4, -0.2) is 38.6 Å². The number of benzene rings is 2. The number of rotatable bonds is 4. The summed E-state index contributed by atoms with van der Waals surface area (Å²) < 4.78 is 44.7. The Balaban J connectivity index is 1.45. The van der Waals surface area contributed by atoms with E-state index >= 15 is 4.39 Å². The van der Waals surface area contributed by atoms with Crippen LogP contribution < -0.4 is 10.6 Å². The molecule has 0 saturated carbocycles. The third kappa shape index (κ3) is 3.42. The fourth-order valence-electron chi connectivity index (χ4n) is 4.43. The predicted octanol–water partition coefficient (Wildman–Crippen LogP) is 4.39. The van der Waals surface area contributed by atoms with Crippen molar-refractivity contribution in [2.24, 2.45) is 7.05 Å². The molecule has 5 rings (SSSR count). The Hall–Kier alpha value is -4.08. The first-order valence-electron chi connectivity index (χ1n) is 10.6. The quantitative estimate of drug-likeness (QED) is 0.484. The molecule has 1 aliphatic heterocycles. The zero-order valence-electron chi connectivity index (χ0n) is 18.5. The molecule has 3 heterocycles. The number of nitrogens with two attached hydrogens (primary N) is 1. The minimum Gasteiger partial charge on any atom is -0.383 e. The van der Waals surface area contributed by atoms with Crippen molar-refractivity contribution in [3.8, 4) is 11.1 Å². The first-order valence-corrected chi connectivity index (χ1v) is 10.6. The molecule has 0 spiro atoms. The molecule has 0 aliphatic carbocycles. The highest BCUT2D eigenvalue weighted by Gasteiger charge is 2.31. The standard InChI is InChI=1S/C24H21F3N6O/c1-13-20(21-22(28)29-12-30-23(21)31(13)2)17-5-4-16(10-19(17)27)33-8-7-32(24(33)34)11-14-9-15(25)3-6-18(14)26/h3-6,9-10,12H,7-8,11H2,1-2H3,(H2,28,29,30). The summed E-state index contributed by atoms with van der Waals surface area (Å²) in [4.78, 5) is 24.0. The molecule has 0 radical (unpaired) electrons. The lowest BCUT2D eigenvalue weighted by atomic mass is 10.0. The van der Waals surface area contributed by atoms with Gasteiger partial charge in [0, 0.05) is 48.2 Å². The number of hydrogen-bond acceptors (Lipinski definition) is 4. The number of anilines is 2. The number of carbonyl (C=O) groups is 1. The zero-order valence-corrected chi connectivity index (χ0v) is 18.5. The van der Waals surface area contributed by atoms with E-state index in [1.54, 1.807) is 12.1 Å². The SMILES string of the molecule is Cc1c(-c2ccc(N3CCN(Cc4cc(F)ccc4F)C3=O)cc2F)c2c(N)ncnc2n1C. The molecule has 174 valence electrons. The highest BCUT2D eigenvalue weighted by Crippen LogP contribution is 2.38. The van der Waals surface area contributed by atoms with Crippen LogP contribution in [0.3, 0.4) is 0 Å². The number of aromatic nitrogens is 3. The molecule has 1 saturated heterocycles. The molecule has 7 nitrogen and oxygen atoms in total. The smallest absolute Gasteiger partial charge is 0.324 e. The molecule has 2 aromatic carbocycles. The molecule has 34 heavy (non-hydrogen) atoms. The fourth-order valence-corrected chi connectivity index (χ4v) is 4.43. The van der Waals surface area contributed by atoms with Crippen LogP contribution >= 0.6 is 0 Å². The van der Waals surface area contributed by atoms with E-state index < -0.39 is 23.5 Å². The molecule has 1 aliphatic rings. The van der Waals surface area contributed by atoms with Crippen LogP contribution in [0, 0.1) is 24.4 Å². The highest BCUT2D eigenvalue weighted by molar-refractivity contribution is 6.03. The van der Waals surface area contributed by atoms with E-state index in [4.69, 9.17) is 5.73 Å². The lowest BCUT2D eigenvalue weighted by Gasteiger charge is -2.19. The predicted molar refractivity (Wildman–Crippen MR) is 123 cm³/mol. The number of amides is 2. The molecule has 0 bridgehead atoms. The van der Waals surface area contributed by atoms with Gasteiger partial charge in [0.2, 0.25) is 0 Å². The largest absolute Gasteiger partial charge is 0.383 e. The Morgan fingerprint density at radius 1 is 1.03 bits per heavy atom.